The number of rotatable bonds is 2. The van der Waals surface area contributed by atoms with Crippen molar-refractivity contribution in [3.05, 3.63) is 45.6 Å². The monoisotopic (exact) mass is 243 g/mol. The van der Waals surface area contributed by atoms with Gasteiger partial charge < -0.3 is 10.5 Å². The lowest BCUT2D eigenvalue weighted by molar-refractivity contribution is 0.225. The topological polar surface area (TPSA) is 35.2 Å². The minimum absolute atomic E-state index is 0.321. The van der Waals surface area contributed by atoms with Crippen molar-refractivity contribution < 1.29 is 4.74 Å². The van der Waals surface area contributed by atoms with Crippen LogP contribution in [0.25, 0.3) is 0 Å². The van der Waals surface area contributed by atoms with Crippen molar-refractivity contribution in [2.45, 2.75) is 12.5 Å². The van der Waals surface area contributed by atoms with Crippen LogP contribution in [0.4, 0.5) is 0 Å². The normalized spacial score (nSPS) is 17.1. The van der Waals surface area contributed by atoms with Gasteiger partial charge in [-0.15, -0.1) is 0 Å². The maximum atomic E-state index is 6.05. The Kier molecular flexibility index (Phi) is 3.19. The summed E-state index contributed by atoms with van der Waals surface area (Å²) in [5, 5.41) is 1.24. The van der Waals surface area contributed by atoms with E-state index in [4.69, 9.17) is 33.7 Å². The molecule has 1 aromatic rings. The van der Waals surface area contributed by atoms with Gasteiger partial charge in [-0.25, -0.2) is 0 Å². The molecule has 80 valence electrons. The molecule has 2 rings (SSSR count). The van der Waals surface area contributed by atoms with Crippen LogP contribution in [0, 0.1) is 0 Å². The summed E-state index contributed by atoms with van der Waals surface area (Å²) in [6.45, 7) is 0.696. The highest BCUT2D eigenvalue weighted by molar-refractivity contribution is 6.33. The van der Waals surface area contributed by atoms with Crippen LogP contribution < -0.4 is 5.73 Å². The smallest absolute Gasteiger partial charge is 0.113 e. The van der Waals surface area contributed by atoms with Gasteiger partial charge in [0.05, 0.1) is 12.6 Å². The van der Waals surface area contributed by atoms with Crippen molar-refractivity contribution >= 4 is 23.2 Å². The molecule has 4 heteroatoms. The van der Waals surface area contributed by atoms with Crippen LogP contribution in [0.2, 0.25) is 10.0 Å². The fraction of sp³-hybridized carbons (Fsp3) is 0.273. The minimum Gasteiger partial charge on any atom is -0.496 e. The molecule has 0 aliphatic carbocycles. The molecule has 0 fully saturated rings. The quantitative estimate of drug-likeness (QED) is 0.866. The van der Waals surface area contributed by atoms with Gasteiger partial charge in [0, 0.05) is 16.5 Å². The van der Waals surface area contributed by atoms with Gasteiger partial charge in [-0.3, -0.25) is 0 Å². The average molecular weight is 244 g/mol. The van der Waals surface area contributed by atoms with Crippen molar-refractivity contribution in [2.24, 2.45) is 5.73 Å². The Bertz CT molecular complexity index is 404. The van der Waals surface area contributed by atoms with E-state index in [0.717, 1.165) is 17.7 Å². The first kappa shape index (κ1) is 10.8. The molecule has 1 aliphatic heterocycles. The lowest BCUT2D eigenvalue weighted by Crippen LogP contribution is -2.14. The highest BCUT2D eigenvalue weighted by Gasteiger charge is 2.19. The standard InChI is InChI=1S/C11H11Cl2NO/c12-7-3-4-9(13)8(6-7)11(14)10-2-1-5-15-10/h2-4,6,11H,1,5,14H2. The molecule has 0 saturated heterocycles. The lowest BCUT2D eigenvalue weighted by Gasteiger charge is -2.15. The first-order valence-electron chi connectivity index (χ1n) is 4.72. The molecule has 1 heterocycles. The van der Waals surface area contributed by atoms with Crippen LogP contribution in [0.5, 0.6) is 0 Å². The van der Waals surface area contributed by atoms with Crippen LogP contribution in [0.1, 0.15) is 18.0 Å². The van der Waals surface area contributed by atoms with Gasteiger partial charge in [-0.1, -0.05) is 23.2 Å². The zero-order valence-electron chi connectivity index (χ0n) is 8.04. The van der Waals surface area contributed by atoms with E-state index in [-0.39, 0.29) is 6.04 Å². The van der Waals surface area contributed by atoms with Crippen molar-refractivity contribution in [3.8, 4) is 0 Å². The fourth-order valence-electron chi connectivity index (χ4n) is 1.56. The number of hydrogen-bond donors (Lipinski definition) is 1. The molecule has 0 saturated carbocycles. The second-order valence-corrected chi connectivity index (χ2v) is 4.23. The second-order valence-electron chi connectivity index (χ2n) is 3.39. The van der Waals surface area contributed by atoms with Gasteiger partial charge in [0.25, 0.3) is 0 Å². The predicted molar refractivity (Wildman–Crippen MR) is 62.0 cm³/mol. The summed E-state index contributed by atoms with van der Waals surface area (Å²) in [4.78, 5) is 0. The number of benzene rings is 1. The van der Waals surface area contributed by atoms with Crippen molar-refractivity contribution in [1.29, 1.82) is 0 Å². The number of hydrogen-bond acceptors (Lipinski definition) is 2. The summed E-state index contributed by atoms with van der Waals surface area (Å²) in [6.07, 6.45) is 2.89. The first-order valence-corrected chi connectivity index (χ1v) is 5.47. The SMILES string of the molecule is NC(C1=CCCO1)c1cc(Cl)ccc1Cl. The maximum Gasteiger partial charge on any atom is 0.113 e. The molecular formula is C11H11Cl2NO. The van der Waals surface area contributed by atoms with Gasteiger partial charge in [0.2, 0.25) is 0 Å². The van der Waals surface area contributed by atoms with Crippen LogP contribution in [-0.2, 0) is 4.74 Å². The molecule has 1 aromatic carbocycles. The van der Waals surface area contributed by atoms with E-state index >= 15 is 0 Å². The molecule has 0 bridgehead atoms. The van der Waals surface area contributed by atoms with E-state index in [0.29, 0.717) is 16.7 Å². The Morgan fingerprint density at radius 2 is 2.13 bits per heavy atom. The lowest BCUT2D eigenvalue weighted by atomic mass is 10.1. The summed E-state index contributed by atoms with van der Waals surface area (Å²) in [6, 6.07) is 4.94. The first-order chi connectivity index (χ1) is 7.18. The van der Waals surface area contributed by atoms with E-state index in [2.05, 4.69) is 0 Å². The van der Waals surface area contributed by atoms with Gasteiger partial charge in [0.1, 0.15) is 5.76 Å². The molecular weight excluding hydrogens is 233 g/mol. The molecule has 2 N–H and O–H groups in total. The average Bonchev–Trinajstić information content (AvgIpc) is 2.74. The zero-order chi connectivity index (χ0) is 10.8. The summed E-state index contributed by atoms with van der Waals surface area (Å²) < 4.78 is 5.40. The van der Waals surface area contributed by atoms with E-state index < -0.39 is 0 Å². The molecule has 1 unspecified atom stereocenters. The van der Waals surface area contributed by atoms with Crippen LogP contribution in [0.15, 0.2) is 30.0 Å². The van der Waals surface area contributed by atoms with Gasteiger partial charge in [-0.2, -0.15) is 0 Å². The molecule has 0 radical (unpaired) electrons. The number of nitrogens with two attached hydrogens (primary N) is 1. The summed E-state index contributed by atoms with van der Waals surface area (Å²) in [5.41, 5.74) is 6.84. The third-order valence-electron chi connectivity index (χ3n) is 2.33. The van der Waals surface area contributed by atoms with Crippen molar-refractivity contribution in [2.75, 3.05) is 6.61 Å². The van der Waals surface area contributed by atoms with Gasteiger partial charge in [-0.05, 0) is 29.8 Å². The molecule has 0 aromatic heterocycles. The van der Waals surface area contributed by atoms with E-state index in [1.165, 1.54) is 0 Å². The van der Waals surface area contributed by atoms with Crippen molar-refractivity contribution in [3.63, 3.8) is 0 Å². The summed E-state index contributed by atoms with van der Waals surface area (Å²) in [7, 11) is 0. The largest absolute Gasteiger partial charge is 0.496 e. The van der Waals surface area contributed by atoms with Gasteiger partial charge in [0.15, 0.2) is 0 Å². The molecule has 1 atom stereocenters. The summed E-state index contributed by atoms with van der Waals surface area (Å²) in [5.74, 6) is 0.777. The minimum atomic E-state index is -0.321. The summed E-state index contributed by atoms with van der Waals surface area (Å²) >= 11 is 11.9. The number of ether oxygens (including phenoxy) is 1. The Balaban J connectivity index is 2.31. The van der Waals surface area contributed by atoms with E-state index in [9.17, 15) is 0 Å². The Labute approximate surface area is 98.6 Å². The van der Waals surface area contributed by atoms with Crippen LogP contribution in [0.3, 0.4) is 0 Å². The Hall–Kier alpha value is -0.700. The molecule has 0 spiro atoms. The highest BCUT2D eigenvalue weighted by atomic mass is 35.5. The van der Waals surface area contributed by atoms with Gasteiger partial charge >= 0.3 is 0 Å². The Morgan fingerprint density at radius 3 is 2.80 bits per heavy atom. The van der Waals surface area contributed by atoms with Crippen LogP contribution >= 0.6 is 23.2 Å². The molecule has 1 aliphatic rings. The van der Waals surface area contributed by atoms with Crippen LogP contribution in [-0.4, -0.2) is 6.61 Å². The third kappa shape index (κ3) is 2.28. The predicted octanol–water partition coefficient (Wildman–Crippen LogP) is 3.30. The van der Waals surface area contributed by atoms with E-state index in [1.54, 1.807) is 18.2 Å². The number of halogens is 2. The Morgan fingerprint density at radius 1 is 1.33 bits per heavy atom. The van der Waals surface area contributed by atoms with E-state index in [1.807, 2.05) is 6.08 Å². The third-order valence-corrected chi connectivity index (χ3v) is 2.91. The fourth-order valence-corrected chi connectivity index (χ4v) is 1.98. The zero-order valence-corrected chi connectivity index (χ0v) is 9.55. The second kappa shape index (κ2) is 4.44. The molecule has 15 heavy (non-hydrogen) atoms. The molecule has 0 amide bonds. The maximum absolute atomic E-state index is 6.05. The highest BCUT2D eigenvalue weighted by Crippen LogP contribution is 2.31. The van der Waals surface area contributed by atoms with Crippen molar-refractivity contribution in [1.82, 2.24) is 0 Å². The molecule has 2 nitrogen and oxygen atoms in total.